The molecule has 32 heavy (non-hydrogen) atoms. The number of carbonyl (C=O) groups is 2. The number of aromatic amines is 1. The van der Waals surface area contributed by atoms with Crippen molar-refractivity contribution in [2.24, 2.45) is 0 Å². The number of rotatable bonds is 4. The highest BCUT2D eigenvalue weighted by atomic mass is 32.2. The first-order chi connectivity index (χ1) is 15.6. The predicted molar refractivity (Wildman–Crippen MR) is 126 cm³/mol. The van der Waals surface area contributed by atoms with E-state index in [1.54, 1.807) is 17.8 Å². The first-order valence-corrected chi connectivity index (χ1v) is 11.8. The van der Waals surface area contributed by atoms with Gasteiger partial charge in [-0.05, 0) is 42.3 Å². The maximum Gasteiger partial charge on any atom is 0.227 e. The van der Waals surface area contributed by atoms with Crippen molar-refractivity contribution >= 4 is 45.7 Å². The van der Waals surface area contributed by atoms with Crippen molar-refractivity contribution in [1.82, 2.24) is 9.88 Å². The molecule has 0 saturated carbocycles. The minimum Gasteiger partial charge on any atom is -0.360 e. The van der Waals surface area contributed by atoms with Gasteiger partial charge >= 0.3 is 0 Å². The summed E-state index contributed by atoms with van der Waals surface area (Å²) in [4.78, 5) is 33.4. The fourth-order valence-corrected chi connectivity index (χ4v) is 5.43. The number of carbonyl (C=O) groups excluding carboxylic acids is 2. The van der Waals surface area contributed by atoms with Crippen LogP contribution in [0.5, 0.6) is 0 Å². The lowest BCUT2D eigenvalue weighted by Gasteiger charge is -2.30. The highest BCUT2D eigenvalue weighted by Gasteiger charge is 2.25. The summed E-state index contributed by atoms with van der Waals surface area (Å²) in [6.07, 6.45) is 5.15. The molecule has 5 rings (SSSR count). The molecule has 0 saturated heterocycles. The average molecular weight is 450 g/mol. The van der Waals surface area contributed by atoms with E-state index in [-0.39, 0.29) is 30.5 Å². The zero-order valence-electron chi connectivity index (χ0n) is 17.6. The Kier molecular flexibility index (Phi) is 5.74. The molecule has 0 radical (unpaired) electrons. The molecule has 2 amide bonds. The van der Waals surface area contributed by atoms with Crippen molar-refractivity contribution in [3.63, 3.8) is 0 Å². The highest BCUT2D eigenvalue weighted by Crippen LogP contribution is 2.35. The van der Waals surface area contributed by atoms with Crippen LogP contribution in [0.2, 0.25) is 0 Å². The van der Waals surface area contributed by atoms with Crippen LogP contribution in [-0.2, 0) is 9.59 Å². The Labute approximate surface area is 190 Å². The molecule has 0 aliphatic carbocycles. The Morgan fingerprint density at radius 2 is 1.91 bits per heavy atom. The molecule has 1 N–H and O–H groups in total. The normalized spacial score (nSPS) is 16.1. The number of benzene rings is 2. The third kappa shape index (κ3) is 4.05. The number of nitrogens with one attached hydrogen (secondary N) is 1. The van der Waals surface area contributed by atoms with Crippen molar-refractivity contribution in [2.75, 3.05) is 30.3 Å². The van der Waals surface area contributed by atoms with Crippen LogP contribution in [0.15, 0.2) is 59.6 Å². The number of anilines is 1. The lowest BCUT2D eigenvalue weighted by Crippen LogP contribution is -2.38. The molecule has 3 heterocycles. The Morgan fingerprint density at radius 3 is 2.75 bits per heavy atom. The molecule has 164 valence electrons. The molecular weight excluding hydrogens is 425 g/mol. The molecule has 0 bridgehead atoms. The van der Waals surface area contributed by atoms with Gasteiger partial charge in [0.05, 0.1) is 5.69 Å². The highest BCUT2D eigenvalue weighted by molar-refractivity contribution is 7.99. The van der Waals surface area contributed by atoms with E-state index in [0.29, 0.717) is 19.6 Å². The van der Waals surface area contributed by atoms with Crippen LogP contribution in [-0.4, -0.2) is 47.1 Å². The van der Waals surface area contributed by atoms with Gasteiger partial charge in [0.25, 0.3) is 0 Å². The summed E-state index contributed by atoms with van der Waals surface area (Å²) in [6, 6.07) is 12.7. The number of nitrogens with zero attached hydrogens (tertiary/aromatic N) is 2. The Bertz CT molecular complexity index is 1220. The van der Waals surface area contributed by atoms with E-state index in [2.05, 4.69) is 11.1 Å². The Morgan fingerprint density at radius 1 is 1.06 bits per heavy atom. The quantitative estimate of drug-likeness (QED) is 0.620. The van der Waals surface area contributed by atoms with Crippen LogP contribution in [0.4, 0.5) is 10.1 Å². The number of aromatic nitrogens is 1. The third-order valence-electron chi connectivity index (χ3n) is 6.13. The Balaban J connectivity index is 1.20. The van der Waals surface area contributed by atoms with Gasteiger partial charge in [0.1, 0.15) is 5.82 Å². The molecule has 0 fully saturated rings. The molecule has 5 nitrogen and oxygen atoms in total. The van der Waals surface area contributed by atoms with Gasteiger partial charge in [0, 0.05) is 65.8 Å². The topological polar surface area (TPSA) is 56.4 Å². The van der Waals surface area contributed by atoms with Gasteiger partial charge in [0.2, 0.25) is 11.8 Å². The molecule has 2 aliphatic rings. The van der Waals surface area contributed by atoms with E-state index < -0.39 is 0 Å². The van der Waals surface area contributed by atoms with Gasteiger partial charge in [-0.25, -0.2) is 4.39 Å². The maximum atomic E-state index is 13.4. The fourth-order valence-electron chi connectivity index (χ4n) is 4.44. The number of fused-ring (bicyclic) bond motifs is 2. The number of amides is 2. The largest absolute Gasteiger partial charge is 0.360 e. The van der Waals surface area contributed by atoms with E-state index in [9.17, 15) is 14.0 Å². The van der Waals surface area contributed by atoms with Crippen molar-refractivity contribution in [3.8, 4) is 0 Å². The number of hydrogen-bond donors (Lipinski definition) is 1. The van der Waals surface area contributed by atoms with Gasteiger partial charge in [-0.3, -0.25) is 9.59 Å². The van der Waals surface area contributed by atoms with Crippen LogP contribution in [0, 0.1) is 5.82 Å². The Hall–Kier alpha value is -3.06. The first kappa shape index (κ1) is 20.8. The minimum absolute atomic E-state index is 0.00497. The summed E-state index contributed by atoms with van der Waals surface area (Å²) in [7, 11) is 0. The standard InChI is InChI=1S/C25H24FN3O2S/c26-18-5-6-19-20(16-27-21(19)15-18)17-9-11-28(12-10-17)24(30)7-8-25(31)29-13-14-32-23-4-2-1-3-22(23)29/h1-6,9,15-16,27H,7-8,10-14H2. The molecule has 2 aliphatic heterocycles. The molecule has 0 unspecified atom stereocenters. The second-order valence-corrected chi connectivity index (χ2v) is 9.21. The molecular formula is C25H24FN3O2S. The summed E-state index contributed by atoms with van der Waals surface area (Å²) in [5, 5.41) is 0.989. The zero-order chi connectivity index (χ0) is 22.1. The van der Waals surface area contributed by atoms with E-state index in [1.165, 1.54) is 12.1 Å². The number of H-pyrrole nitrogens is 1. The molecule has 0 spiro atoms. The van der Waals surface area contributed by atoms with E-state index >= 15 is 0 Å². The molecule has 7 heteroatoms. The zero-order valence-corrected chi connectivity index (χ0v) is 18.5. The third-order valence-corrected chi connectivity index (χ3v) is 7.18. The van der Waals surface area contributed by atoms with Crippen LogP contribution >= 0.6 is 11.8 Å². The van der Waals surface area contributed by atoms with Crippen LogP contribution in [0.3, 0.4) is 0 Å². The SMILES string of the molecule is O=C(CCC(=O)N1CCSc2ccccc21)N1CC=C(c2c[nH]c3cc(F)ccc23)CC1. The number of halogens is 1. The molecule has 0 atom stereocenters. The first-order valence-electron chi connectivity index (χ1n) is 10.9. The van der Waals surface area contributed by atoms with Gasteiger partial charge in [-0.15, -0.1) is 11.8 Å². The van der Waals surface area contributed by atoms with Crippen molar-refractivity contribution in [2.45, 2.75) is 24.2 Å². The summed E-state index contributed by atoms with van der Waals surface area (Å²) >= 11 is 1.76. The van der Waals surface area contributed by atoms with E-state index in [4.69, 9.17) is 0 Å². The van der Waals surface area contributed by atoms with Crippen LogP contribution in [0.25, 0.3) is 16.5 Å². The smallest absolute Gasteiger partial charge is 0.227 e. The van der Waals surface area contributed by atoms with E-state index in [1.807, 2.05) is 40.3 Å². The average Bonchev–Trinajstić information content (AvgIpc) is 3.25. The molecule has 2 aromatic carbocycles. The minimum atomic E-state index is -0.262. The van der Waals surface area contributed by atoms with Gasteiger partial charge in [0.15, 0.2) is 0 Å². The van der Waals surface area contributed by atoms with Gasteiger partial charge < -0.3 is 14.8 Å². The second-order valence-electron chi connectivity index (χ2n) is 8.07. The van der Waals surface area contributed by atoms with E-state index in [0.717, 1.165) is 44.8 Å². The van der Waals surface area contributed by atoms with Crippen molar-refractivity contribution in [3.05, 3.63) is 66.1 Å². The lowest BCUT2D eigenvalue weighted by molar-refractivity contribution is -0.132. The predicted octanol–water partition coefficient (Wildman–Crippen LogP) is 4.84. The van der Waals surface area contributed by atoms with Gasteiger partial charge in [-0.2, -0.15) is 0 Å². The summed E-state index contributed by atoms with van der Waals surface area (Å²) < 4.78 is 13.4. The van der Waals surface area contributed by atoms with Gasteiger partial charge in [-0.1, -0.05) is 18.2 Å². The molecule has 1 aromatic heterocycles. The number of hydrogen-bond acceptors (Lipinski definition) is 3. The molecule has 3 aromatic rings. The van der Waals surface area contributed by atoms with Crippen LogP contribution < -0.4 is 4.90 Å². The monoisotopic (exact) mass is 449 g/mol. The number of thioether (sulfide) groups is 1. The summed E-state index contributed by atoms with van der Waals surface area (Å²) in [5.41, 5.74) is 3.94. The second kappa shape index (κ2) is 8.82. The van der Waals surface area contributed by atoms with Crippen molar-refractivity contribution < 1.29 is 14.0 Å². The summed E-state index contributed by atoms with van der Waals surface area (Å²) in [5.74, 6) is 0.623. The number of para-hydroxylation sites is 1. The fraction of sp³-hybridized carbons (Fsp3) is 0.280. The van der Waals surface area contributed by atoms with Crippen LogP contribution in [0.1, 0.15) is 24.8 Å². The van der Waals surface area contributed by atoms with Crippen molar-refractivity contribution in [1.29, 1.82) is 0 Å². The summed E-state index contributed by atoms with van der Waals surface area (Å²) in [6.45, 7) is 1.83. The lowest BCUT2D eigenvalue weighted by atomic mass is 9.98. The maximum absolute atomic E-state index is 13.4.